The van der Waals surface area contributed by atoms with Crippen LogP contribution in [0.3, 0.4) is 0 Å². The van der Waals surface area contributed by atoms with Crippen LogP contribution in [-0.2, 0) is 17.9 Å². The maximum atomic E-state index is 12.5. The quantitative estimate of drug-likeness (QED) is 0.853. The van der Waals surface area contributed by atoms with Crippen molar-refractivity contribution < 1.29 is 14.1 Å². The third kappa shape index (κ3) is 4.71. The number of amides is 1. The molecule has 1 fully saturated rings. The second kappa shape index (κ2) is 8.96. The molecule has 140 valence electrons. The summed E-state index contributed by atoms with van der Waals surface area (Å²) in [5.74, 6) is 0.318. The summed E-state index contributed by atoms with van der Waals surface area (Å²) >= 11 is 0. The number of hydrogen-bond acceptors (Lipinski definition) is 5. The number of aromatic nitrogens is 1. The van der Waals surface area contributed by atoms with Crippen LogP contribution >= 0.6 is 0 Å². The molecule has 3 rings (SSSR count). The van der Waals surface area contributed by atoms with E-state index in [4.69, 9.17) is 9.26 Å². The normalized spacial score (nSPS) is 15.6. The summed E-state index contributed by atoms with van der Waals surface area (Å²) in [5.41, 5.74) is 2.97. The highest BCUT2D eigenvalue weighted by Gasteiger charge is 2.19. The van der Waals surface area contributed by atoms with E-state index in [1.54, 1.807) is 14.0 Å². The average Bonchev–Trinajstić information content (AvgIpc) is 2.84. The molecule has 1 aliphatic heterocycles. The lowest BCUT2D eigenvalue weighted by Crippen LogP contribution is -2.23. The minimum absolute atomic E-state index is 0.276. The van der Waals surface area contributed by atoms with Gasteiger partial charge in [0.1, 0.15) is 5.76 Å². The number of carbonyl (C=O) groups excluding carboxylic acids is 1. The minimum atomic E-state index is -0.283. The van der Waals surface area contributed by atoms with Crippen molar-refractivity contribution in [2.24, 2.45) is 0 Å². The fourth-order valence-electron chi connectivity index (χ4n) is 3.32. The largest absolute Gasteiger partial charge is 0.380 e. The minimum Gasteiger partial charge on any atom is -0.380 e. The Morgan fingerprint density at radius 1 is 1.19 bits per heavy atom. The molecule has 6 nitrogen and oxygen atoms in total. The first-order chi connectivity index (χ1) is 12.7. The lowest BCUT2D eigenvalue weighted by molar-refractivity contribution is 0.101. The van der Waals surface area contributed by atoms with Crippen LogP contribution in [0.4, 0.5) is 5.69 Å². The first kappa shape index (κ1) is 18.6. The number of aryl methyl sites for hydroxylation is 1. The number of likely N-dealkylation sites (tertiary alicyclic amines) is 1. The molecule has 2 aromatic rings. The van der Waals surface area contributed by atoms with E-state index in [-0.39, 0.29) is 11.6 Å². The zero-order chi connectivity index (χ0) is 18.4. The Balaban J connectivity index is 1.61. The third-order valence-corrected chi connectivity index (χ3v) is 4.81. The monoisotopic (exact) mass is 357 g/mol. The lowest BCUT2D eigenvalue weighted by Gasteiger charge is -2.19. The molecule has 1 N–H and O–H groups in total. The van der Waals surface area contributed by atoms with Crippen LogP contribution in [0.1, 0.15) is 53.1 Å². The molecule has 1 amide bonds. The molecule has 0 unspecified atom stereocenters. The Kier molecular flexibility index (Phi) is 6.41. The van der Waals surface area contributed by atoms with Gasteiger partial charge in [-0.3, -0.25) is 9.69 Å². The second-order valence-electron chi connectivity index (χ2n) is 6.84. The van der Waals surface area contributed by atoms with E-state index >= 15 is 0 Å². The van der Waals surface area contributed by atoms with Gasteiger partial charge in [-0.05, 0) is 50.6 Å². The highest BCUT2D eigenvalue weighted by molar-refractivity contribution is 6.03. The van der Waals surface area contributed by atoms with Crippen LogP contribution in [0.25, 0.3) is 0 Å². The maximum absolute atomic E-state index is 12.5. The lowest BCUT2D eigenvalue weighted by atomic mass is 10.1. The van der Waals surface area contributed by atoms with Crippen molar-refractivity contribution >= 4 is 11.6 Å². The summed E-state index contributed by atoms with van der Waals surface area (Å²) < 4.78 is 10.2. The number of anilines is 1. The fraction of sp³-hybridized carbons (Fsp3) is 0.500. The molecule has 0 radical (unpaired) electrons. The van der Waals surface area contributed by atoms with Crippen molar-refractivity contribution in [2.45, 2.75) is 45.8 Å². The van der Waals surface area contributed by atoms with Crippen molar-refractivity contribution in [3.05, 3.63) is 46.8 Å². The van der Waals surface area contributed by atoms with Crippen molar-refractivity contribution in [3.8, 4) is 0 Å². The van der Waals surface area contributed by atoms with E-state index in [9.17, 15) is 4.79 Å². The highest BCUT2D eigenvalue weighted by Crippen LogP contribution is 2.18. The fourth-order valence-corrected chi connectivity index (χ4v) is 3.32. The first-order valence-corrected chi connectivity index (χ1v) is 9.24. The average molecular weight is 357 g/mol. The Morgan fingerprint density at radius 3 is 2.54 bits per heavy atom. The molecule has 0 saturated carbocycles. The molecule has 0 bridgehead atoms. The Labute approximate surface area is 154 Å². The molecule has 6 heteroatoms. The number of nitrogens with zero attached hydrogens (tertiary/aromatic N) is 2. The molecule has 26 heavy (non-hydrogen) atoms. The molecule has 0 atom stereocenters. The summed E-state index contributed by atoms with van der Waals surface area (Å²) in [5, 5.41) is 6.74. The zero-order valence-corrected chi connectivity index (χ0v) is 15.6. The Hall–Kier alpha value is -2.18. The van der Waals surface area contributed by atoms with Crippen LogP contribution in [0.5, 0.6) is 0 Å². The molecule has 1 aromatic heterocycles. The molecule has 0 spiro atoms. The van der Waals surface area contributed by atoms with E-state index in [1.807, 2.05) is 12.1 Å². The van der Waals surface area contributed by atoms with Crippen LogP contribution in [0.15, 0.2) is 28.8 Å². The number of carbonyl (C=O) groups is 1. The van der Waals surface area contributed by atoms with Gasteiger partial charge in [0.15, 0.2) is 5.69 Å². The van der Waals surface area contributed by atoms with E-state index < -0.39 is 0 Å². The van der Waals surface area contributed by atoms with E-state index in [0.717, 1.165) is 12.2 Å². The van der Waals surface area contributed by atoms with Gasteiger partial charge in [0, 0.05) is 19.3 Å². The van der Waals surface area contributed by atoms with Gasteiger partial charge in [0.2, 0.25) is 0 Å². The highest BCUT2D eigenvalue weighted by atomic mass is 16.5. The van der Waals surface area contributed by atoms with E-state index in [2.05, 4.69) is 27.5 Å². The SMILES string of the molecule is COCc1c(C(=O)Nc2ccc(CN3CCCCCC3)cc2)noc1C. The van der Waals surface area contributed by atoms with Crippen molar-refractivity contribution in [2.75, 3.05) is 25.5 Å². The first-order valence-electron chi connectivity index (χ1n) is 9.24. The summed E-state index contributed by atoms with van der Waals surface area (Å²) in [6.07, 6.45) is 5.26. The molecule has 1 aromatic carbocycles. The second-order valence-corrected chi connectivity index (χ2v) is 6.84. The summed E-state index contributed by atoms with van der Waals surface area (Å²) in [7, 11) is 1.58. The number of benzene rings is 1. The molecule has 0 aliphatic carbocycles. The Morgan fingerprint density at radius 2 is 1.88 bits per heavy atom. The zero-order valence-electron chi connectivity index (χ0n) is 15.6. The van der Waals surface area contributed by atoms with Crippen LogP contribution in [0, 0.1) is 6.92 Å². The van der Waals surface area contributed by atoms with Crippen molar-refractivity contribution in [1.82, 2.24) is 10.1 Å². The predicted octanol–water partition coefficient (Wildman–Crippen LogP) is 3.76. The van der Waals surface area contributed by atoms with Gasteiger partial charge in [-0.2, -0.15) is 0 Å². The van der Waals surface area contributed by atoms with Crippen molar-refractivity contribution in [1.29, 1.82) is 0 Å². The number of nitrogens with one attached hydrogen (secondary N) is 1. The topological polar surface area (TPSA) is 67.6 Å². The summed E-state index contributed by atoms with van der Waals surface area (Å²) in [6, 6.07) is 8.03. The number of hydrogen-bond donors (Lipinski definition) is 1. The number of ether oxygens (including phenoxy) is 1. The van der Waals surface area contributed by atoms with E-state index in [0.29, 0.717) is 17.9 Å². The van der Waals surface area contributed by atoms with Crippen LogP contribution in [0.2, 0.25) is 0 Å². The van der Waals surface area contributed by atoms with Crippen molar-refractivity contribution in [3.63, 3.8) is 0 Å². The van der Waals surface area contributed by atoms with Gasteiger partial charge < -0.3 is 14.6 Å². The Bertz CT molecular complexity index is 716. The third-order valence-electron chi connectivity index (χ3n) is 4.81. The van der Waals surface area contributed by atoms with Gasteiger partial charge in [-0.25, -0.2) is 0 Å². The smallest absolute Gasteiger partial charge is 0.278 e. The maximum Gasteiger partial charge on any atom is 0.278 e. The summed E-state index contributed by atoms with van der Waals surface area (Å²) in [4.78, 5) is 15.0. The van der Waals surface area contributed by atoms with Gasteiger partial charge >= 0.3 is 0 Å². The molecule has 1 saturated heterocycles. The predicted molar refractivity (Wildman–Crippen MR) is 100 cm³/mol. The standard InChI is InChI=1S/C20H27N3O3/c1-15-18(14-25-2)19(22-26-15)20(24)21-17-9-7-16(8-10-17)13-23-11-5-3-4-6-12-23/h7-10H,3-6,11-14H2,1-2H3,(H,21,24). The van der Waals surface area contributed by atoms with Gasteiger partial charge in [-0.15, -0.1) is 0 Å². The summed E-state index contributed by atoms with van der Waals surface area (Å²) in [6.45, 7) is 5.38. The van der Waals surface area contributed by atoms with E-state index in [1.165, 1.54) is 44.3 Å². The molecular weight excluding hydrogens is 330 g/mol. The van der Waals surface area contributed by atoms with Gasteiger partial charge in [-0.1, -0.05) is 30.1 Å². The van der Waals surface area contributed by atoms with Gasteiger partial charge in [0.25, 0.3) is 5.91 Å². The number of methoxy groups -OCH3 is 1. The molecule has 1 aliphatic rings. The molecule has 2 heterocycles. The van der Waals surface area contributed by atoms with Gasteiger partial charge in [0.05, 0.1) is 12.2 Å². The van der Waals surface area contributed by atoms with Crippen LogP contribution < -0.4 is 5.32 Å². The van der Waals surface area contributed by atoms with Crippen LogP contribution in [-0.4, -0.2) is 36.2 Å². The molecular formula is C20H27N3O3. The number of rotatable bonds is 6.